The number of carboxylic acid groups (broad SMARTS) is 1. The van der Waals surface area contributed by atoms with Crippen molar-refractivity contribution in [2.24, 2.45) is 0 Å². The van der Waals surface area contributed by atoms with Gasteiger partial charge in [-0.2, -0.15) is 0 Å². The Kier molecular flexibility index (Phi) is 4.20. The van der Waals surface area contributed by atoms with Gasteiger partial charge in [-0.1, -0.05) is 0 Å². The molecular weight excluding hydrogens is 166 g/mol. The lowest BCUT2D eigenvalue weighted by Crippen LogP contribution is -2.47. The SMILES string of the molecule is CC(=O)NNC(=O)NCC(=O)O. The Bertz CT molecular complexity index is 183. The van der Waals surface area contributed by atoms with Crippen LogP contribution in [0.1, 0.15) is 6.92 Å². The monoisotopic (exact) mass is 175 g/mol. The van der Waals surface area contributed by atoms with E-state index >= 15 is 0 Å². The maximum atomic E-state index is 10.6. The second-order valence-corrected chi connectivity index (χ2v) is 1.88. The van der Waals surface area contributed by atoms with Gasteiger partial charge >= 0.3 is 12.0 Å². The molecule has 0 heterocycles. The van der Waals surface area contributed by atoms with Crippen LogP contribution in [0.25, 0.3) is 0 Å². The van der Waals surface area contributed by atoms with Crippen LogP contribution < -0.4 is 16.2 Å². The number of urea groups is 1. The number of carbonyl (C=O) groups excluding carboxylic acids is 2. The number of hydrazine groups is 1. The minimum Gasteiger partial charge on any atom is -0.480 e. The number of hydrogen-bond donors (Lipinski definition) is 4. The Morgan fingerprint density at radius 3 is 2.25 bits per heavy atom. The van der Waals surface area contributed by atoms with Crippen LogP contribution in [0.4, 0.5) is 4.79 Å². The molecule has 0 fully saturated rings. The molecule has 7 heteroatoms. The molecule has 0 bridgehead atoms. The molecular formula is C5H9N3O4. The topological polar surface area (TPSA) is 108 Å². The lowest BCUT2D eigenvalue weighted by Gasteiger charge is -2.04. The average Bonchev–Trinajstić information content (AvgIpc) is 1.96. The Morgan fingerprint density at radius 1 is 1.25 bits per heavy atom. The second kappa shape index (κ2) is 4.94. The molecule has 7 nitrogen and oxygen atoms in total. The summed E-state index contributed by atoms with van der Waals surface area (Å²) in [5.74, 6) is -1.60. The third-order valence-corrected chi connectivity index (χ3v) is 0.752. The van der Waals surface area contributed by atoms with Gasteiger partial charge in [0.2, 0.25) is 5.91 Å². The van der Waals surface area contributed by atoms with Crippen LogP contribution in [0.5, 0.6) is 0 Å². The lowest BCUT2D eigenvalue weighted by atomic mass is 10.6. The van der Waals surface area contributed by atoms with E-state index in [0.717, 1.165) is 0 Å². The molecule has 0 aromatic rings. The number of hydrogen-bond acceptors (Lipinski definition) is 3. The van der Waals surface area contributed by atoms with Crippen molar-refractivity contribution in [3.63, 3.8) is 0 Å². The standard InChI is InChI=1S/C5H9N3O4/c1-3(9)7-8-5(12)6-2-4(10)11/h2H2,1H3,(H,7,9)(H,10,11)(H2,6,8,12). The van der Waals surface area contributed by atoms with Crippen LogP contribution in [0.15, 0.2) is 0 Å². The highest BCUT2D eigenvalue weighted by Crippen LogP contribution is 1.63. The fraction of sp³-hybridized carbons (Fsp3) is 0.400. The number of carboxylic acids is 1. The summed E-state index contributed by atoms with van der Waals surface area (Å²) in [5, 5.41) is 10.1. The summed E-state index contributed by atoms with van der Waals surface area (Å²) < 4.78 is 0. The minimum absolute atomic E-state index is 0.444. The van der Waals surface area contributed by atoms with Gasteiger partial charge < -0.3 is 10.4 Å². The van der Waals surface area contributed by atoms with Gasteiger partial charge in [-0.25, -0.2) is 10.2 Å². The summed E-state index contributed by atoms with van der Waals surface area (Å²) >= 11 is 0. The molecule has 0 aliphatic heterocycles. The van der Waals surface area contributed by atoms with Gasteiger partial charge in [-0.3, -0.25) is 15.0 Å². The number of nitrogens with one attached hydrogen (secondary N) is 3. The van der Waals surface area contributed by atoms with Gasteiger partial charge in [0, 0.05) is 6.92 Å². The third kappa shape index (κ3) is 6.33. The maximum absolute atomic E-state index is 10.6. The van der Waals surface area contributed by atoms with E-state index in [2.05, 4.69) is 0 Å². The molecule has 0 rings (SSSR count). The molecule has 3 amide bonds. The van der Waals surface area contributed by atoms with Crippen LogP contribution in [0, 0.1) is 0 Å². The van der Waals surface area contributed by atoms with E-state index < -0.39 is 24.5 Å². The first-order valence-electron chi connectivity index (χ1n) is 3.04. The summed E-state index contributed by atoms with van der Waals surface area (Å²) in [6.45, 7) is 0.711. The predicted octanol–water partition coefficient (Wildman–Crippen LogP) is -1.58. The molecule has 12 heavy (non-hydrogen) atoms. The Hall–Kier alpha value is -1.79. The molecule has 0 atom stereocenters. The minimum atomic E-state index is -1.16. The molecule has 0 aromatic heterocycles. The maximum Gasteiger partial charge on any atom is 0.333 e. The zero-order chi connectivity index (χ0) is 9.56. The highest BCUT2D eigenvalue weighted by molar-refractivity contribution is 5.82. The molecule has 0 aliphatic rings. The van der Waals surface area contributed by atoms with E-state index in [9.17, 15) is 14.4 Å². The molecule has 68 valence electrons. The van der Waals surface area contributed by atoms with Crippen molar-refractivity contribution in [1.82, 2.24) is 16.2 Å². The van der Waals surface area contributed by atoms with Gasteiger partial charge in [0.15, 0.2) is 0 Å². The largest absolute Gasteiger partial charge is 0.480 e. The Labute approximate surface area is 68.1 Å². The lowest BCUT2D eigenvalue weighted by molar-refractivity contribution is -0.135. The van der Waals surface area contributed by atoms with Crippen LogP contribution in [0.3, 0.4) is 0 Å². The zero-order valence-corrected chi connectivity index (χ0v) is 6.38. The predicted molar refractivity (Wildman–Crippen MR) is 38.0 cm³/mol. The van der Waals surface area contributed by atoms with Gasteiger partial charge in [0.25, 0.3) is 0 Å². The van der Waals surface area contributed by atoms with Gasteiger partial charge in [0.1, 0.15) is 6.54 Å². The number of amides is 3. The summed E-state index contributed by atoms with van der Waals surface area (Å²) in [6.07, 6.45) is 0. The van der Waals surface area contributed by atoms with Crippen LogP contribution in [0.2, 0.25) is 0 Å². The van der Waals surface area contributed by atoms with E-state index in [1.165, 1.54) is 6.92 Å². The average molecular weight is 175 g/mol. The van der Waals surface area contributed by atoms with E-state index in [1.54, 1.807) is 0 Å². The van der Waals surface area contributed by atoms with Crippen molar-refractivity contribution >= 4 is 17.9 Å². The zero-order valence-electron chi connectivity index (χ0n) is 6.38. The summed E-state index contributed by atoms with van der Waals surface area (Å²) in [7, 11) is 0. The van der Waals surface area contributed by atoms with Crippen LogP contribution in [-0.2, 0) is 9.59 Å². The highest BCUT2D eigenvalue weighted by atomic mass is 16.4. The van der Waals surface area contributed by atoms with Gasteiger partial charge in [0.05, 0.1) is 0 Å². The summed E-state index contributed by atoms with van der Waals surface area (Å²) in [4.78, 5) is 30.7. The Morgan fingerprint density at radius 2 is 1.83 bits per heavy atom. The van der Waals surface area contributed by atoms with E-state index in [4.69, 9.17) is 5.11 Å². The fourth-order valence-corrected chi connectivity index (χ4v) is 0.345. The van der Waals surface area contributed by atoms with Crippen molar-refractivity contribution < 1.29 is 19.5 Å². The molecule has 0 saturated carbocycles. The van der Waals surface area contributed by atoms with Crippen LogP contribution in [-0.4, -0.2) is 29.6 Å². The molecule has 0 aliphatic carbocycles. The number of aliphatic carboxylic acids is 1. The number of carbonyl (C=O) groups is 3. The summed E-state index contributed by atoms with van der Waals surface area (Å²) in [6, 6.07) is -0.771. The van der Waals surface area contributed by atoms with E-state index in [-0.39, 0.29) is 0 Å². The van der Waals surface area contributed by atoms with Crippen molar-refractivity contribution in [1.29, 1.82) is 0 Å². The first-order chi connectivity index (χ1) is 5.52. The highest BCUT2D eigenvalue weighted by Gasteiger charge is 2.01. The summed E-state index contributed by atoms with van der Waals surface area (Å²) in [5.41, 5.74) is 3.90. The third-order valence-electron chi connectivity index (χ3n) is 0.752. The molecule has 0 saturated heterocycles. The second-order valence-electron chi connectivity index (χ2n) is 1.88. The molecule has 0 unspecified atom stereocenters. The molecule has 0 radical (unpaired) electrons. The fourth-order valence-electron chi connectivity index (χ4n) is 0.345. The Balaban J connectivity index is 3.47. The van der Waals surface area contributed by atoms with Crippen molar-refractivity contribution in [3.05, 3.63) is 0 Å². The first kappa shape index (κ1) is 10.2. The van der Waals surface area contributed by atoms with Crippen molar-refractivity contribution in [2.75, 3.05) is 6.54 Å². The smallest absolute Gasteiger partial charge is 0.333 e. The quantitative estimate of drug-likeness (QED) is 0.380. The molecule has 4 N–H and O–H groups in total. The number of rotatable bonds is 2. The first-order valence-corrected chi connectivity index (χ1v) is 3.04. The van der Waals surface area contributed by atoms with Crippen molar-refractivity contribution in [2.45, 2.75) is 6.92 Å². The van der Waals surface area contributed by atoms with E-state index in [1.807, 2.05) is 16.2 Å². The van der Waals surface area contributed by atoms with Crippen molar-refractivity contribution in [3.8, 4) is 0 Å². The molecule has 0 aromatic carbocycles. The normalized spacial score (nSPS) is 8.42. The van der Waals surface area contributed by atoms with Gasteiger partial charge in [-0.15, -0.1) is 0 Å². The van der Waals surface area contributed by atoms with Crippen LogP contribution >= 0.6 is 0 Å². The van der Waals surface area contributed by atoms with E-state index in [0.29, 0.717) is 0 Å². The molecule has 0 spiro atoms. The van der Waals surface area contributed by atoms with Gasteiger partial charge in [-0.05, 0) is 0 Å².